The van der Waals surface area contributed by atoms with E-state index in [1.54, 1.807) is 0 Å². The van der Waals surface area contributed by atoms with Crippen LogP contribution in [0.4, 0.5) is 0 Å². The number of halogens is 1. The molecular formula is C23H30IN5. The van der Waals surface area contributed by atoms with E-state index in [1.807, 2.05) is 36.1 Å². The van der Waals surface area contributed by atoms with Gasteiger partial charge in [0.05, 0.1) is 11.9 Å². The second kappa shape index (κ2) is 12.3. The van der Waals surface area contributed by atoms with Crippen LogP contribution in [0.1, 0.15) is 24.5 Å². The van der Waals surface area contributed by atoms with E-state index in [-0.39, 0.29) is 24.0 Å². The number of aryl methyl sites for hydroxylation is 1. The molecule has 1 aromatic heterocycles. The smallest absolute Gasteiger partial charge is 0.191 e. The normalized spacial score (nSPS) is 12.1. The first-order valence-corrected chi connectivity index (χ1v) is 9.84. The fourth-order valence-electron chi connectivity index (χ4n) is 3.06. The maximum absolute atomic E-state index is 4.45. The fraction of sp³-hybridized carbons (Fsp3) is 0.304. The third-order valence-electron chi connectivity index (χ3n) is 4.68. The Bertz CT molecular complexity index is 861. The fourth-order valence-corrected chi connectivity index (χ4v) is 3.06. The molecule has 154 valence electrons. The number of benzene rings is 2. The summed E-state index contributed by atoms with van der Waals surface area (Å²) in [5.41, 5.74) is 3.64. The summed E-state index contributed by atoms with van der Waals surface area (Å²) in [4.78, 5) is 4.34. The van der Waals surface area contributed by atoms with Crippen LogP contribution >= 0.6 is 24.0 Å². The van der Waals surface area contributed by atoms with Gasteiger partial charge in [-0.3, -0.25) is 4.99 Å². The zero-order valence-corrected chi connectivity index (χ0v) is 19.4. The van der Waals surface area contributed by atoms with Crippen molar-refractivity contribution in [2.24, 2.45) is 4.99 Å². The molecule has 1 unspecified atom stereocenters. The third kappa shape index (κ3) is 7.53. The van der Waals surface area contributed by atoms with Crippen molar-refractivity contribution in [3.05, 3.63) is 84.2 Å². The van der Waals surface area contributed by atoms with Gasteiger partial charge in [-0.15, -0.1) is 24.0 Å². The molecule has 0 saturated carbocycles. The molecule has 0 aliphatic rings. The topological polar surface area (TPSA) is 54.2 Å². The predicted octanol–water partition coefficient (Wildman–Crippen LogP) is 4.22. The van der Waals surface area contributed by atoms with Gasteiger partial charge >= 0.3 is 0 Å². The lowest BCUT2D eigenvalue weighted by Gasteiger charge is -2.18. The molecule has 0 bridgehead atoms. The molecule has 1 heterocycles. The second-order valence-corrected chi connectivity index (χ2v) is 6.95. The van der Waals surface area contributed by atoms with Gasteiger partial charge in [-0.1, -0.05) is 48.5 Å². The monoisotopic (exact) mass is 503 g/mol. The quantitative estimate of drug-likeness (QED) is 0.275. The van der Waals surface area contributed by atoms with E-state index in [2.05, 4.69) is 76.3 Å². The number of rotatable bonds is 8. The summed E-state index contributed by atoms with van der Waals surface area (Å²) < 4.78 is 1.91. The van der Waals surface area contributed by atoms with E-state index in [0.717, 1.165) is 37.5 Å². The Hall–Kier alpha value is -2.35. The summed E-state index contributed by atoms with van der Waals surface area (Å²) in [5.74, 6) is 0.844. The first-order chi connectivity index (χ1) is 13.7. The van der Waals surface area contributed by atoms with E-state index < -0.39 is 0 Å². The highest BCUT2D eigenvalue weighted by Gasteiger charge is 2.06. The van der Waals surface area contributed by atoms with Gasteiger partial charge in [0.2, 0.25) is 0 Å². The van der Waals surface area contributed by atoms with Gasteiger partial charge in [-0.05, 0) is 49.4 Å². The molecule has 0 radical (unpaired) electrons. The minimum Gasteiger partial charge on any atom is -0.356 e. The molecule has 2 aromatic carbocycles. The van der Waals surface area contributed by atoms with Crippen molar-refractivity contribution in [3.8, 4) is 5.69 Å². The maximum atomic E-state index is 4.45. The van der Waals surface area contributed by atoms with Gasteiger partial charge in [0.25, 0.3) is 0 Å². The highest BCUT2D eigenvalue weighted by Crippen LogP contribution is 2.08. The minimum atomic E-state index is 0. The lowest BCUT2D eigenvalue weighted by Crippen LogP contribution is -2.43. The zero-order chi connectivity index (χ0) is 19.6. The van der Waals surface area contributed by atoms with Crippen LogP contribution in [-0.4, -0.2) is 35.4 Å². The summed E-state index contributed by atoms with van der Waals surface area (Å²) in [6.07, 6.45) is 7.02. The zero-order valence-electron chi connectivity index (χ0n) is 17.1. The Morgan fingerprint density at radius 2 is 1.69 bits per heavy atom. The van der Waals surface area contributed by atoms with Crippen LogP contribution in [0.25, 0.3) is 5.69 Å². The van der Waals surface area contributed by atoms with Gasteiger partial charge in [0, 0.05) is 25.8 Å². The largest absolute Gasteiger partial charge is 0.356 e. The molecule has 0 spiro atoms. The lowest BCUT2D eigenvalue weighted by atomic mass is 10.1. The van der Waals surface area contributed by atoms with Crippen molar-refractivity contribution in [1.82, 2.24) is 20.4 Å². The van der Waals surface area contributed by atoms with Crippen LogP contribution in [0.2, 0.25) is 0 Å². The molecule has 6 heteroatoms. The van der Waals surface area contributed by atoms with Crippen LogP contribution in [0.15, 0.2) is 78.0 Å². The maximum Gasteiger partial charge on any atom is 0.191 e. The summed E-state index contributed by atoms with van der Waals surface area (Å²) in [5, 5.41) is 11.3. The minimum absolute atomic E-state index is 0. The first kappa shape index (κ1) is 22.9. The molecule has 29 heavy (non-hydrogen) atoms. The number of nitrogens with zero attached hydrogens (tertiary/aromatic N) is 3. The Balaban J connectivity index is 0.00000300. The molecule has 3 aromatic rings. The number of para-hydroxylation sites is 1. The molecule has 0 fully saturated rings. The molecule has 0 aliphatic carbocycles. The van der Waals surface area contributed by atoms with Crippen LogP contribution in [0.5, 0.6) is 0 Å². The van der Waals surface area contributed by atoms with Gasteiger partial charge in [0.1, 0.15) is 0 Å². The van der Waals surface area contributed by atoms with Crippen LogP contribution in [0.3, 0.4) is 0 Å². The van der Waals surface area contributed by atoms with Crippen molar-refractivity contribution in [2.75, 3.05) is 13.6 Å². The Morgan fingerprint density at radius 3 is 2.38 bits per heavy atom. The summed E-state index contributed by atoms with van der Waals surface area (Å²) in [6, 6.07) is 21.1. The number of hydrogen-bond acceptors (Lipinski definition) is 2. The average Bonchev–Trinajstić information content (AvgIpc) is 3.22. The highest BCUT2D eigenvalue weighted by atomic mass is 127. The molecule has 3 rings (SSSR count). The van der Waals surface area contributed by atoms with Gasteiger partial charge in [-0.2, -0.15) is 5.10 Å². The molecule has 5 nitrogen and oxygen atoms in total. The summed E-state index contributed by atoms with van der Waals surface area (Å²) in [6.45, 7) is 3.01. The average molecular weight is 503 g/mol. The highest BCUT2D eigenvalue weighted by molar-refractivity contribution is 14.0. The summed E-state index contributed by atoms with van der Waals surface area (Å²) in [7, 11) is 1.81. The van der Waals surface area contributed by atoms with Crippen LogP contribution in [-0.2, 0) is 12.8 Å². The van der Waals surface area contributed by atoms with Gasteiger partial charge in [0.15, 0.2) is 5.96 Å². The number of guanidine groups is 1. The van der Waals surface area contributed by atoms with Crippen molar-refractivity contribution < 1.29 is 0 Å². The van der Waals surface area contributed by atoms with Crippen LogP contribution < -0.4 is 10.6 Å². The van der Waals surface area contributed by atoms with E-state index in [4.69, 9.17) is 0 Å². The number of aliphatic imine (C=N–C) groups is 1. The Morgan fingerprint density at radius 1 is 1.00 bits per heavy atom. The first-order valence-electron chi connectivity index (χ1n) is 9.84. The van der Waals surface area contributed by atoms with Gasteiger partial charge < -0.3 is 10.6 Å². The molecular weight excluding hydrogens is 473 g/mol. The second-order valence-electron chi connectivity index (χ2n) is 6.95. The van der Waals surface area contributed by atoms with Crippen molar-refractivity contribution in [1.29, 1.82) is 0 Å². The predicted molar refractivity (Wildman–Crippen MR) is 131 cm³/mol. The van der Waals surface area contributed by atoms with E-state index in [9.17, 15) is 0 Å². The van der Waals surface area contributed by atoms with E-state index in [1.165, 1.54) is 11.1 Å². The standard InChI is InChI=1S/C23H29N5.HI/c1-19(13-14-20-9-5-3-6-10-20)27-23(24-2)25-16-15-21-17-26-28(18-21)22-11-7-4-8-12-22;/h3-12,17-19H,13-16H2,1-2H3,(H2,24,25,27);1H. The van der Waals surface area contributed by atoms with Crippen molar-refractivity contribution >= 4 is 29.9 Å². The molecule has 0 amide bonds. The van der Waals surface area contributed by atoms with E-state index in [0.29, 0.717) is 6.04 Å². The number of aromatic nitrogens is 2. The van der Waals surface area contributed by atoms with Crippen molar-refractivity contribution in [3.63, 3.8) is 0 Å². The SMILES string of the molecule is CN=C(NCCc1cnn(-c2ccccc2)c1)NC(C)CCc1ccccc1.I. The lowest BCUT2D eigenvalue weighted by molar-refractivity contribution is 0.593. The number of hydrogen-bond donors (Lipinski definition) is 2. The number of nitrogens with one attached hydrogen (secondary N) is 2. The molecule has 0 saturated heterocycles. The molecule has 0 aliphatic heterocycles. The Kier molecular flexibility index (Phi) is 9.70. The van der Waals surface area contributed by atoms with E-state index >= 15 is 0 Å². The molecule has 1 atom stereocenters. The van der Waals surface area contributed by atoms with Crippen molar-refractivity contribution in [2.45, 2.75) is 32.2 Å². The third-order valence-corrected chi connectivity index (χ3v) is 4.68. The van der Waals surface area contributed by atoms with Crippen LogP contribution in [0, 0.1) is 0 Å². The Labute approximate surface area is 190 Å². The van der Waals surface area contributed by atoms with Gasteiger partial charge in [-0.25, -0.2) is 4.68 Å². The molecule has 2 N–H and O–H groups in total. The summed E-state index contributed by atoms with van der Waals surface area (Å²) >= 11 is 0.